The third-order valence-corrected chi connectivity index (χ3v) is 6.91. The molecule has 10 aromatic heterocycles. The van der Waals surface area contributed by atoms with Crippen LogP contribution >= 0.6 is 0 Å². The Bertz CT molecular complexity index is 1990. The van der Waals surface area contributed by atoms with Crippen LogP contribution in [0.2, 0.25) is 0 Å². The quantitative estimate of drug-likeness (QED) is 0.136. The summed E-state index contributed by atoms with van der Waals surface area (Å²) >= 11 is 0. The van der Waals surface area contributed by atoms with Crippen LogP contribution in [-0.2, 0) is 0 Å². The van der Waals surface area contributed by atoms with Gasteiger partial charge >= 0.3 is 0 Å². The van der Waals surface area contributed by atoms with Gasteiger partial charge in [-0.1, -0.05) is 138 Å². The van der Waals surface area contributed by atoms with Crippen LogP contribution in [0.5, 0.6) is 0 Å². The van der Waals surface area contributed by atoms with Crippen LogP contribution < -0.4 is 0 Å². The number of aromatic nitrogens is 22. The molecule has 22 heteroatoms. The third-order valence-electron chi connectivity index (χ3n) is 6.91. The Kier molecular flexibility index (Phi) is 112. The highest BCUT2D eigenvalue weighted by molar-refractivity contribution is 5.06. The van der Waals surface area contributed by atoms with E-state index in [2.05, 4.69) is 111 Å². The molecule has 0 aromatic carbocycles. The monoisotopic (exact) mass is 1240 g/mol. The molecule has 0 radical (unpaired) electrons. The van der Waals surface area contributed by atoms with Crippen molar-refractivity contribution in [2.75, 3.05) is 0 Å². The second-order valence-electron chi connectivity index (χ2n) is 13.4. The van der Waals surface area contributed by atoms with E-state index < -0.39 is 0 Å². The van der Waals surface area contributed by atoms with Gasteiger partial charge in [0.2, 0.25) is 0 Å². The van der Waals surface area contributed by atoms with E-state index in [-0.39, 0.29) is 0 Å². The van der Waals surface area contributed by atoms with Crippen LogP contribution in [0, 0.1) is 69.2 Å². The molecular weight excluding hydrogens is 1120 g/mol. The van der Waals surface area contributed by atoms with Gasteiger partial charge in [0.25, 0.3) is 0 Å². The van der Waals surface area contributed by atoms with Gasteiger partial charge < -0.3 is 0 Å². The number of pyridine rings is 1. The van der Waals surface area contributed by atoms with E-state index in [1.54, 1.807) is 118 Å². The van der Waals surface area contributed by atoms with E-state index in [4.69, 9.17) is 0 Å². The Labute approximate surface area is 546 Å². The van der Waals surface area contributed by atoms with Crippen molar-refractivity contribution < 1.29 is 0 Å². The lowest BCUT2D eigenvalue weighted by Gasteiger charge is -1.82. The summed E-state index contributed by atoms with van der Waals surface area (Å²) in [4.78, 5) is 45.8. The first-order valence-electron chi connectivity index (χ1n) is 31.0. The van der Waals surface area contributed by atoms with Crippen molar-refractivity contribution in [2.45, 2.75) is 208 Å². The number of aryl methyl sites for hydroxylation is 10. The largest absolute Gasteiger partial charge is 0.265 e. The van der Waals surface area contributed by atoms with E-state index in [1.807, 2.05) is 237 Å². The second-order valence-corrected chi connectivity index (χ2v) is 13.4. The minimum Gasteiger partial charge on any atom is -0.265 e. The minimum atomic E-state index is 0.711. The molecule has 500 valence electrons. The Morgan fingerprint density at radius 3 is 0.900 bits per heavy atom. The molecule has 0 aliphatic rings. The summed E-state index contributed by atoms with van der Waals surface area (Å²) in [7, 11) is 0. The lowest BCUT2D eigenvalue weighted by atomic mass is 10.3. The van der Waals surface area contributed by atoms with Crippen molar-refractivity contribution in [3.8, 4) is 0 Å². The van der Waals surface area contributed by atoms with Crippen molar-refractivity contribution in [2.24, 2.45) is 0 Å². The molecular formula is C68H118N22. The van der Waals surface area contributed by atoms with Gasteiger partial charge in [0.1, 0.15) is 37.0 Å². The maximum Gasteiger partial charge on any atom is 0.147 e. The number of rotatable bonds is 0. The molecule has 0 amide bonds. The standard InChI is InChI=1S/C6H7N.6C5H6N2.3C4H5N3.10C2H6/c1-6-2-4-7-5-3-6;1-5-2-6-4-7-3-5;1-5-4-6-2-3-7-5;1-5-2-3-6-4-7-5;1-5-2-3-6-7-4-5;1-5-6-3-2-4-7-5;1-5-3-2-4-6-7-5;1-4-2-6-7-3-5-4;1-4-2-5-3-6-7-4;1-4-5-2-3-6-7-4;10*1-2/h2-5H,1H3;6*2-4H,1H3;3*2-3H,1H3;10*1-2H3. The van der Waals surface area contributed by atoms with Gasteiger partial charge in [-0.05, 0) is 128 Å². The lowest BCUT2D eigenvalue weighted by Crippen LogP contribution is -1.85. The molecule has 90 heavy (non-hydrogen) atoms. The first-order chi connectivity index (χ1) is 43.9. The number of hydrogen-bond acceptors (Lipinski definition) is 22. The zero-order valence-corrected chi connectivity index (χ0v) is 61.0. The van der Waals surface area contributed by atoms with Gasteiger partial charge in [-0.25, -0.2) is 44.9 Å². The Balaban J connectivity index is -0.0000000957. The molecule has 10 rings (SSSR count). The normalized spacial score (nSPS) is 7.44. The highest BCUT2D eigenvalue weighted by Crippen LogP contribution is 1.90. The topological polar surface area (TPSA) is 284 Å². The SMILES string of the molecule is CC.CC.CC.CC.CC.CC.CC.CC.CC.CC.Cc1cccnn1.Cc1ccncc1.Cc1ccncn1.Cc1ccnnc1.Cc1cnccn1.Cc1cncnc1.Cc1cncnn1.Cc1cnncn1.Cc1ncccn1.Cc1nccnn1. The molecule has 0 fully saturated rings. The van der Waals surface area contributed by atoms with Crippen LogP contribution in [0.25, 0.3) is 0 Å². The molecule has 0 N–H and O–H groups in total. The maximum absolute atomic E-state index is 3.92. The van der Waals surface area contributed by atoms with Crippen LogP contribution in [0.3, 0.4) is 0 Å². The van der Waals surface area contributed by atoms with Crippen LogP contribution in [0.4, 0.5) is 0 Å². The van der Waals surface area contributed by atoms with E-state index in [0.29, 0.717) is 5.82 Å². The molecule has 0 aliphatic carbocycles. The summed E-state index contributed by atoms with van der Waals surface area (Å²) in [6, 6.07) is 13.3. The predicted octanol–water partition coefficient (Wildman–Crippen LogP) is 16.9. The molecule has 0 bridgehead atoms. The summed E-state index contributed by atoms with van der Waals surface area (Å²) in [5.41, 5.74) is 8.19. The third kappa shape index (κ3) is 95.0. The molecule has 22 nitrogen and oxygen atoms in total. The fraction of sp³-hybridized carbons (Fsp3) is 0.441. The summed E-state index contributed by atoms with van der Waals surface area (Å²) in [5, 5.41) is 36.0. The van der Waals surface area contributed by atoms with Crippen LogP contribution in [0.15, 0.2) is 173 Å². The van der Waals surface area contributed by atoms with Crippen molar-refractivity contribution in [1.82, 2.24) is 111 Å². The Morgan fingerprint density at radius 2 is 0.678 bits per heavy atom. The van der Waals surface area contributed by atoms with Crippen LogP contribution in [0.1, 0.15) is 195 Å². The summed E-state index contributed by atoms with van der Waals surface area (Å²) in [6.07, 6.45) is 34.7. The fourth-order valence-corrected chi connectivity index (χ4v) is 3.56. The summed E-state index contributed by atoms with van der Waals surface area (Å²) < 4.78 is 0. The number of nitrogens with zero attached hydrogens (tertiary/aromatic N) is 22. The molecule has 10 aromatic rings. The fourth-order valence-electron chi connectivity index (χ4n) is 3.56. The van der Waals surface area contributed by atoms with E-state index in [0.717, 1.165) is 45.4 Å². The molecule has 0 aliphatic heterocycles. The Hall–Kier alpha value is -9.34. The zero-order chi connectivity index (χ0) is 71.1. The van der Waals surface area contributed by atoms with Gasteiger partial charge in [-0.15, -0.1) is 15.3 Å². The van der Waals surface area contributed by atoms with Gasteiger partial charge in [0.05, 0.1) is 47.6 Å². The first kappa shape index (κ1) is 103. The Morgan fingerprint density at radius 1 is 0.200 bits per heavy atom. The smallest absolute Gasteiger partial charge is 0.147 e. The zero-order valence-electron chi connectivity index (χ0n) is 61.0. The maximum atomic E-state index is 3.92. The van der Waals surface area contributed by atoms with E-state index >= 15 is 0 Å². The molecule has 0 atom stereocenters. The average molecular weight is 1240 g/mol. The predicted molar refractivity (Wildman–Crippen MR) is 377 cm³/mol. The van der Waals surface area contributed by atoms with Gasteiger partial charge in [0.15, 0.2) is 0 Å². The minimum absolute atomic E-state index is 0.711. The van der Waals surface area contributed by atoms with Gasteiger partial charge in [-0.3, -0.25) is 15.0 Å². The number of hydrogen-bond donors (Lipinski definition) is 0. The highest BCUT2D eigenvalue weighted by atomic mass is 15.1. The summed E-state index contributed by atoms with van der Waals surface area (Å²) in [6.45, 7) is 59.1. The molecule has 0 unspecified atom stereocenters. The molecule has 0 saturated carbocycles. The van der Waals surface area contributed by atoms with Crippen molar-refractivity contribution >= 4 is 0 Å². The molecule has 0 spiro atoms. The van der Waals surface area contributed by atoms with Crippen LogP contribution in [-0.4, -0.2) is 111 Å². The van der Waals surface area contributed by atoms with Crippen molar-refractivity contribution in [1.29, 1.82) is 0 Å². The average Bonchev–Trinajstić information content (AvgIpc) is 3.62. The van der Waals surface area contributed by atoms with Crippen molar-refractivity contribution in [3.05, 3.63) is 230 Å². The van der Waals surface area contributed by atoms with Gasteiger partial charge in [-0.2, -0.15) is 35.7 Å². The van der Waals surface area contributed by atoms with E-state index in [1.165, 1.54) is 30.9 Å². The molecule has 0 saturated heterocycles. The second kappa shape index (κ2) is 98.7. The van der Waals surface area contributed by atoms with Crippen molar-refractivity contribution in [3.63, 3.8) is 0 Å². The molecule has 10 heterocycles. The summed E-state index contributed by atoms with van der Waals surface area (Å²) in [5.74, 6) is 1.53. The van der Waals surface area contributed by atoms with E-state index in [9.17, 15) is 0 Å². The highest BCUT2D eigenvalue weighted by Gasteiger charge is 1.81. The van der Waals surface area contributed by atoms with Gasteiger partial charge in [0, 0.05) is 86.3 Å². The lowest BCUT2D eigenvalue weighted by molar-refractivity contribution is 0.907. The first-order valence-corrected chi connectivity index (χ1v) is 31.0.